The molecule has 1 aromatic heterocycles. The molecule has 18 heavy (non-hydrogen) atoms. The predicted molar refractivity (Wildman–Crippen MR) is 60.3 cm³/mol. The molecule has 0 aliphatic rings. The van der Waals surface area contributed by atoms with E-state index in [1.165, 1.54) is 0 Å². The first kappa shape index (κ1) is 12.6. The van der Waals surface area contributed by atoms with Crippen molar-refractivity contribution < 1.29 is 13.2 Å². The molecular formula is C12H12F3N3. The predicted octanol–water partition coefficient (Wildman–Crippen LogP) is 2.16. The number of nitrogens with one attached hydrogen (secondary N) is 2. The van der Waals surface area contributed by atoms with Crippen LogP contribution in [0.4, 0.5) is 13.2 Å². The van der Waals surface area contributed by atoms with Gasteiger partial charge in [-0.2, -0.15) is 0 Å². The van der Waals surface area contributed by atoms with Gasteiger partial charge in [-0.25, -0.2) is 18.2 Å². The van der Waals surface area contributed by atoms with Crippen LogP contribution in [-0.2, 0) is 13.0 Å². The lowest BCUT2D eigenvalue weighted by Crippen LogP contribution is -2.17. The molecule has 0 fully saturated rings. The van der Waals surface area contributed by atoms with Crippen LogP contribution in [0.2, 0.25) is 0 Å². The van der Waals surface area contributed by atoms with E-state index in [1.807, 2.05) is 0 Å². The highest BCUT2D eigenvalue weighted by Gasteiger charge is 2.09. The molecule has 0 bridgehead atoms. The molecular weight excluding hydrogens is 243 g/mol. The second-order valence-corrected chi connectivity index (χ2v) is 3.84. The summed E-state index contributed by atoms with van der Waals surface area (Å²) < 4.78 is 38.5. The molecule has 96 valence electrons. The Morgan fingerprint density at radius 1 is 1.17 bits per heavy atom. The summed E-state index contributed by atoms with van der Waals surface area (Å²) in [5.74, 6) is -2.94. The summed E-state index contributed by atoms with van der Waals surface area (Å²) in [7, 11) is 0. The molecule has 0 aliphatic carbocycles. The molecule has 0 unspecified atom stereocenters. The van der Waals surface area contributed by atoms with Gasteiger partial charge in [-0.1, -0.05) is 0 Å². The summed E-state index contributed by atoms with van der Waals surface area (Å²) in [6.45, 7) is 0.878. The van der Waals surface area contributed by atoms with Crippen molar-refractivity contribution in [2.45, 2.75) is 13.0 Å². The fraction of sp³-hybridized carbons (Fsp3) is 0.250. The van der Waals surface area contributed by atoms with Crippen LogP contribution in [0.15, 0.2) is 24.5 Å². The number of rotatable bonds is 5. The molecule has 0 radical (unpaired) electrons. The number of benzene rings is 1. The van der Waals surface area contributed by atoms with Crippen molar-refractivity contribution >= 4 is 0 Å². The molecule has 0 atom stereocenters. The lowest BCUT2D eigenvalue weighted by atomic mass is 10.2. The number of aromatic amines is 1. The lowest BCUT2D eigenvalue weighted by Gasteiger charge is -2.05. The van der Waals surface area contributed by atoms with Crippen molar-refractivity contribution in [3.63, 3.8) is 0 Å². The maximum atomic E-state index is 12.9. The van der Waals surface area contributed by atoms with E-state index in [-0.39, 0.29) is 6.54 Å². The van der Waals surface area contributed by atoms with Gasteiger partial charge in [-0.05, 0) is 17.7 Å². The molecule has 2 rings (SSSR count). The maximum Gasteiger partial charge on any atom is 0.194 e. The molecule has 1 aromatic carbocycles. The first-order valence-corrected chi connectivity index (χ1v) is 5.49. The highest BCUT2D eigenvalue weighted by Crippen LogP contribution is 2.13. The zero-order chi connectivity index (χ0) is 13.0. The van der Waals surface area contributed by atoms with E-state index in [0.29, 0.717) is 18.5 Å². The van der Waals surface area contributed by atoms with Gasteiger partial charge in [0.15, 0.2) is 17.5 Å². The van der Waals surface area contributed by atoms with Crippen molar-refractivity contribution in [1.82, 2.24) is 15.3 Å². The van der Waals surface area contributed by atoms with Crippen LogP contribution in [0, 0.1) is 17.5 Å². The lowest BCUT2D eigenvalue weighted by molar-refractivity contribution is 0.444. The maximum absolute atomic E-state index is 12.9. The smallest absolute Gasteiger partial charge is 0.194 e. The zero-order valence-electron chi connectivity index (χ0n) is 9.51. The number of aromatic nitrogens is 2. The van der Waals surface area contributed by atoms with Crippen molar-refractivity contribution in [3.05, 3.63) is 53.4 Å². The van der Waals surface area contributed by atoms with Crippen LogP contribution in [0.25, 0.3) is 0 Å². The van der Waals surface area contributed by atoms with Crippen LogP contribution in [0.5, 0.6) is 0 Å². The van der Waals surface area contributed by atoms with Crippen molar-refractivity contribution in [3.8, 4) is 0 Å². The number of imidazole rings is 1. The van der Waals surface area contributed by atoms with Gasteiger partial charge in [0, 0.05) is 31.9 Å². The highest BCUT2D eigenvalue weighted by atomic mass is 19.2. The zero-order valence-corrected chi connectivity index (χ0v) is 9.51. The molecule has 2 N–H and O–H groups in total. The number of hydrogen-bond acceptors (Lipinski definition) is 2. The van der Waals surface area contributed by atoms with Crippen molar-refractivity contribution in [1.29, 1.82) is 0 Å². The Labute approximate surface area is 102 Å². The topological polar surface area (TPSA) is 40.7 Å². The normalized spacial score (nSPS) is 10.8. The number of nitrogens with zero attached hydrogens (tertiary/aromatic N) is 1. The first-order chi connectivity index (χ1) is 8.66. The first-order valence-electron chi connectivity index (χ1n) is 5.49. The van der Waals surface area contributed by atoms with Gasteiger partial charge in [-0.3, -0.25) is 0 Å². The average Bonchev–Trinajstić information content (AvgIpc) is 2.84. The Bertz CT molecular complexity index is 488. The van der Waals surface area contributed by atoms with Gasteiger partial charge in [-0.15, -0.1) is 0 Å². The Morgan fingerprint density at radius 3 is 2.50 bits per heavy atom. The fourth-order valence-corrected chi connectivity index (χ4v) is 1.58. The Hall–Kier alpha value is -1.82. The minimum Gasteiger partial charge on any atom is -0.349 e. The van der Waals surface area contributed by atoms with E-state index >= 15 is 0 Å². The molecule has 6 heteroatoms. The van der Waals surface area contributed by atoms with Gasteiger partial charge in [0.2, 0.25) is 0 Å². The summed E-state index contributed by atoms with van der Waals surface area (Å²) in [5, 5.41) is 3.00. The van der Waals surface area contributed by atoms with Crippen LogP contribution >= 0.6 is 0 Å². The molecule has 0 saturated carbocycles. The Kier molecular flexibility index (Phi) is 3.99. The Balaban J connectivity index is 1.83. The standard InChI is InChI=1S/C12H12F3N3/c13-9-5-8(6-10(14)12(9)15)7-16-2-1-11-17-3-4-18-11/h3-6,16H,1-2,7H2,(H,17,18). The van der Waals surface area contributed by atoms with Gasteiger partial charge in [0.05, 0.1) is 0 Å². The Morgan fingerprint density at radius 2 is 1.89 bits per heavy atom. The molecule has 0 saturated heterocycles. The average molecular weight is 255 g/mol. The minimum absolute atomic E-state index is 0.273. The van der Waals surface area contributed by atoms with E-state index in [2.05, 4.69) is 15.3 Å². The van der Waals surface area contributed by atoms with Crippen LogP contribution < -0.4 is 5.32 Å². The van der Waals surface area contributed by atoms with Gasteiger partial charge in [0.1, 0.15) is 5.82 Å². The number of H-pyrrole nitrogens is 1. The molecule has 1 heterocycles. The second kappa shape index (κ2) is 5.68. The van der Waals surface area contributed by atoms with E-state index in [1.54, 1.807) is 12.4 Å². The third kappa shape index (κ3) is 3.10. The van der Waals surface area contributed by atoms with E-state index < -0.39 is 17.5 Å². The molecule has 0 aliphatic heterocycles. The molecule has 0 spiro atoms. The fourth-order valence-electron chi connectivity index (χ4n) is 1.58. The summed E-state index contributed by atoms with van der Waals surface area (Å²) >= 11 is 0. The minimum atomic E-state index is -1.44. The molecule has 0 amide bonds. The largest absolute Gasteiger partial charge is 0.349 e. The monoisotopic (exact) mass is 255 g/mol. The van der Waals surface area contributed by atoms with E-state index in [0.717, 1.165) is 18.0 Å². The van der Waals surface area contributed by atoms with E-state index in [4.69, 9.17) is 0 Å². The van der Waals surface area contributed by atoms with Gasteiger partial charge >= 0.3 is 0 Å². The third-order valence-corrected chi connectivity index (χ3v) is 2.47. The summed E-state index contributed by atoms with van der Waals surface area (Å²) in [5.41, 5.74) is 0.367. The summed E-state index contributed by atoms with van der Waals surface area (Å²) in [6.07, 6.45) is 4.05. The molecule has 3 nitrogen and oxygen atoms in total. The van der Waals surface area contributed by atoms with Crippen LogP contribution in [0.1, 0.15) is 11.4 Å². The third-order valence-electron chi connectivity index (χ3n) is 2.47. The second-order valence-electron chi connectivity index (χ2n) is 3.84. The quantitative estimate of drug-likeness (QED) is 0.635. The highest BCUT2D eigenvalue weighted by molar-refractivity contribution is 5.19. The molecule has 2 aromatic rings. The van der Waals surface area contributed by atoms with Gasteiger partial charge < -0.3 is 10.3 Å². The number of hydrogen-bond donors (Lipinski definition) is 2. The van der Waals surface area contributed by atoms with Crippen molar-refractivity contribution in [2.75, 3.05) is 6.54 Å². The summed E-state index contributed by atoms with van der Waals surface area (Å²) in [6, 6.07) is 1.97. The summed E-state index contributed by atoms with van der Waals surface area (Å²) in [4.78, 5) is 6.98. The SMILES string of the molecule is Fc1cc(CNCCc2ncc[nH]2)cc(F)c1F. The van der Waals surface area contributed by atoms with E-state index in [9.17, 15) is 13.2 Å². The van der Waals surface area contributed by atoms with Crippen LogP contribution in [0.3, 0.4) is 0 Å². The van der Waals surface area contributed by atoms with Crippen LogP contribution in [-0.4, -0.2) is 16.5 Å². The van der Waals surface area contributed by atoms with Crippen molar-refractivity contribution in [2.24, 2.45) is 0 Å². The number of halogens is 3. The van der Waals surface area contributed by atoms with Gasteiger partial charge in [0.25, 0.3) is 0 Å².